The summed E-state index contributed by atoms with van der Waals surface area (Å²) in [5, 5.41) is 14.3. The maximum atomic E-state index is 12.1. The van der Waals surface area contributed by atoms with Crippen molar-refractivity contribution in [3.05, 3.63) is 191 Å². The van der Waals surface area contributed by atoms with E-state index in [2.05, 4.69) is 87.5 Å². The SMILES string of the molecule is C.COc1ccncc1.CS(=O)(=O)OC1C2CCN(CC2)C1Cc1cccnc1.O=C1/C(=C/c2cccnc2)N2CCC1CC2.O=C1C2CCN(CC2)C1Cc1cccnc1.O=C1CN2CCC1CC2.OC1C2CCN(CC2)C1Cc1cccnc1.[N-]=[N+]=NC1C2CCN(CC2)C1Cc1cccnc1. The molecule has 0 saturated carbocycles. The summed E-state index contributed by atoms with van der Waals surface area (Å²) in [6.45, 7) is 14.0. The molecule has 0 amide bonds. The minimum absolute atomic E-state index is 0. The molecule has 18 aliphatic heterocycles. The summed E-state index contributed by atoms with van der Waals surface area (Å²) >= 11 is 0. The summed E-state index contributed by atoms with van der Waals surface area (Å²) in [7, 11) is -1.78. The van der Waals surface area contributed by atoms with Crippen molar-refractivity contribution >= 4 is 33.5 Å². The number of ketones is 3. The number of azide groups is 1. The van der Waals surface area contributed by atoms with Crippen molar-refractivity contribution in [3.8, 4) is 5.75 Å². The highest BCUT2D eigenvalue weighted by Crippen LogP contribution is 2.39. The topological polar surface area (TPSA) is 270 Å². The van der Waals surface area contributed by atoms with Crippen molar-refractivity contribution in [1.29, 1.82) is 0 Å². The highest BCUT2D eigenvalue weighted by Gasteiger charge is 2.46. The third-order valence-corrected chi connectivity index (χ3v) is 23.9. The van der Waals surface area contributed by atoms with Crippen LogP contribution in [-0.4, -0.2) is 231 Å². The van der Waals surface area contributed by atoms with Gasteiger partial charge in [0, 0.05) is 128 Å². The molecular formula is C80H107N15O8S. The van der Waals surface area contributed by atoms with Gasteiger partial charge in [0.1, 0.15) is 11.5 Å². The van der Waals surface area contributed by atoms with Crippen LogP contribution in [0, 0.1) is 35.5 Å². The monoisotopic (exact) mass is 1440 g/mol. The fraction of sp³-hybridized carbons (Fsp3) is 0.562. The Bertz CT molecular complexity index is 3810. The molecule has 18 saturated heterocycles. The van der Waals surface area contributed by atoms with Gasteiger partial charge in [-0.2, -0.15) is 8.42 Å². The minimum atomic E-state index is -3.41. The maximum absolute atomic E-state index is 12.1. The van der Waals surface area contributed by atoms with Crippen molar-refractivity contribution in [2.24, 2.45) is 40.6 Å². The highest BCUT2D eigenvalue weighted by molar-refractivity contribution is 7.86. The van der Waals surface area contributed by atoms with E-state index in [0.29, 0.717) is 59.0 Å². The van der Waals surface area contributed by atoms with Crippen molar-refractivity contribution in [3.63, 3.8) is 0 Å². The van der Waals surface area contributed by atoms with Gasteiger partial charge in [0.25, 0.3) is 10.1 Å². The van der Waals surface area contributed by atoms with Crippen LogP contribution >= 0.6 is 0 Å². The molecule has 6 aromatic heterocycles. The first kappa shape index (κ1) is 77.3. The third kappa shape index (κ3) is 20.8. The van der Waals surface area contributed by atoms with Gasteiger partial charge in [-0.25, -0.2) is 0 Å². The fourth-order valence-corrected chi connectivity index (χ4v) is 18.3. The van der Waals surface area contributed by atoms with Crippen LogP contribution in [0.15, 0.2) is 158 Å². The van der Waals surface area contributed by atoms with Crippen molar-refractivity contribution in [2.75, 3.05) is 98.4 Å². The Morgan fingerprint density at radius 3 is 1.42 bits per heavy atom. The predicted molar refractivity (Wildman–Crippen MR) is 401 cm³/mol. The number of nitrogens with zero attached hydrogens (tertiary/aromatic N) is 15. The minimum Gasteiger partial charge on any atom is -0.497 e. The molecule has 23 nitrogen and oxygen atoms in total. The van der Waals surface area contributed by atoms with Gasteiger partial charge in [-0.1, -0.05) is 42.9 Å². The number of pyridine rings is 6. The number of carbonyl (C=O) groups is 3. The molecule has 104 heavy (non-hydrogen) atoms. The van der Waals surface area contributed by atoms with Crippen molar-refractivity contribution in [1.82, 2.24) is 59.3 Å². The van der Waals surface area contributed by atoms with Gasteiger partial charge in [0.2, 0.25) is 0 Å². The number of ether oxygens (including phenoxy) is 1. The summed E-state index contributed by atoms with van der Waals surface area (Å²) < 4.78 is 33.3. The van der Waals surface area contributed by atoms with Crippen molar-refractivity contribution in [2.45, 2.75) is 153 Å². The van der Waals surface area contributed by atoms with Gasteiger partial charge in [0.15, 0.2) is 11.6 Å². The Kier molecular flexibility index (Phi) is 28.2. The van der Waals surface area contributed by atoms with Gasteiger partial charge in [-0.15, -0.1) is 0 Å². The van der Waals surface area contributed by atoms with E-state index >= 15 is 0 Å². The standard InChI is InChI=1S/C14H20N2O3S.C13H17N5.C13H18N2O.C13H16N2O.C13H14N2O.C7H11NO.C6H7NO.CH4/c1-20(17,18)19-14-12-4-7-16(8-5-12)13(14)9-11-3-2-6-15-10-11;14-17-16-13-11-3-6-18(7-4-11)12(13)8-10-2-1-5-15-9-10;3*16-13-11-3-6-15(7-4-11)12(13)8-10-2-1-5-14-9-10;9-7-5-8-3-1-6(7)2-4-8;1-8-6-2-4-7-5-3-6;/h2-3,6,10,12-14H,4-5,7-9H2,1H3;1-2,5,9,11-13H,3-4,6-8H2;1-2,5,9,11-13,16H,3-4,6-8H2;1-2,5,9,11-12H,3-4,6-8H2;1-2,5,8-9,11H,3-4,6-7H2;6H,1-5H2;2-5H,1H3;1H4/b;;;;12-8-;;;. The van der Waals surface area contributed by atoms with E-state index in [-0.39, 0.29) is 43.7 Å². The zero-order valence-corrected chi connectivity index (χ0v) is 60.7. The number of rotatable bonds is 13. The van der Waals surface area contributed by atoms with Crippen LogP contribution < -0.4 is 4.74 Å². The van der Waals surface area contributed by atoms with Gasteiger partial charge in [0.05, 0.1) is 49.9 Å². The molecule has 0 aliphatic carbocycles. The van der Waals surface area contributed by atoms with Crippen LogP contribution in [0.3, 0.4) is 0 Å². The largest absolute Gasteiger partial charge is 0.497 e. The van der Waals surface area contributed by atoms with Crippen LogP contribution in [0.5, 0.6) is 5.75 Å². The Labute approximate surface area is 615 Å². The Morgan fingerprint density at radius 1 is 0.529 bits per heavy atom. The molecular weight excluding hydrogens is 1330 g/mol. The van der Waals surface area contributed by atoms with Crippen LogP contribution in [-0.2, 0) is 54.4 Å². The van der Waals surface area contributed by atoms with E-state index in [1.54, 1.807) is 68.8 Å². The molecule has 0 aromatic carbocycles. The van der Waals surface area contributed by atoms with E-state index in [4.69, 9.17) is 14.5 Å². The lowest BCUT2D eigenvalue weighted by Gasteiger charge is -2.50. The molecule has 12 bridgehead atoms. The van der Waals surface area contributed by atoms with E-state index in [1.807, 2.05) is 73.3 Å². The zero-order chi connectivity index (χ0) is 71.5. The van der Waals surface area contributed by atoms with E-state index < -0.39 is 10.1 Å². The summed E-state index contributed by atoms with van der Waals surface area (Å²) in [6.07, 6.45) is 41.1. The van der Waals surface area contributed by atoms with E-state index in [1.165, 1.54) is 42.4 Å². The van der Waals surface area contributed by atoms with Crippen LogP contribution in [0.1, 0.15) is 112 Å². The quantitative estimate of drug-likeness (QED) is 0.0370. The fourth-order valence-electron chi connectivity index (χ4n) is 17.6. The van der Waals surface area contributed by atoms with E-state index in [0.717, 1.165) is 191 Å². The first-order chi connectivity index (χ1) is 50.2. The lowest BCUT2D eigenvalue weighted by atomic mass is 9.77. The Hall–Kier alpha value is -7.77. The lowest BCUT2D eigenvalue weighted by molar-refractivity contribution is -0.136. The smallest absolute Gasteiger partial charge is 0.264 e. The summed E-state index contributed by atoms with van der Waals surface area (Å²) in [5.41, 5.74) is 15.4. The number of Topliss-reactive ketones (excluding diaryl/α,β-unsaturated/α-hetero) is 3. The average molecular weight is 1440 g/mol. The number of aromatic nitrogens is 6. The second-order valence-corrected chi connectivity index (χ2v) is 31.2. The van der Waals surface area contributed by atoms with Crippen LogP contribution in [0.25, 0.3) is 16.5 Å². The summed E-state index contributed by atoms with van der Waals surface area (Å²) in [6, 6.07) is 24.7. The number of aliphatic hydroxyl groups excluding tert-OH is 1. The molecule has 24 heterocycles. The molecule has 18 fully saturated rings. The molecule has 0 spiro atoms. The van der Waals surface area contributed by atoms with Crippen molar-refractivity contribution < 1.29 is 36.8 Å². The van der Waals surface area contributed by atoms with Gasteiger partial charge in [-0.05, 0) is 268 Å². The normalized spacial score (nSPS) is 31.0. The Morgan fingerprint density at radius 2 is 0.990 bits per heavy atom. The average Bonchev–Trinajstić information content (AvgIpc) is 0.823. The molecule has 1 N–H and O–H groups in total. The second kappa shape index (κ2) is 38.0. The van der Waals surface area contributed by atoms with Crippen LogP contribution in [0.4, 0.5) is 0 Å². The molecule has 7 unspecified atom stereocenters. The number of allylic oxidation sites excluding steroid dienone is 1. The zero-order valence-electron chi connectivity index (χ0n) is 59.9. The summed E-state index contributed by atoms with van der Waals surface area (Å²) in [5.74, 6) is 4.63. The molecule has 0 radical (unpaired) electrons. The van der Waals surface area contributed by atoms with Gasteiger partial charge >= 0.3 is 0 Å². The van der Waals surface area contributed by atoms with Crippen LogP contribution in [0.2, 0.25) is 0 Å². The van der Waals surface area contributed by atoms with E-state index in [9.17, 15) is 27.9 Å². The number of hydrogen-bond donors (Lipinski definition) is 1. The number of hydrogen-bond acceptors (Lipinski definition) is 21. The molecule has 24 heteroatoms. The number of aliphatic hydroxyl groups is 1. The number of carbonyl (C=O) groups excluding carboxylic acids is 3. The van der Waals surface area contributed by atoms with Gasteiger partial charge < -0.3 is 14.7 Å². The first-order valence-electron chi connectivity index (χ1n) is 37.5. The highest BCUT2D eigenvalue weighted by atomic mass is 32.2. The Balaban J connectivity index is 0.000000123. The number of fused-ring (bicyclic) bond motifs is 18. The predicted octanol–water partition coefficient (Wildman–Crippen LogP) is 9.55. The molecule has 6 aromatic rings. The first-order valence-corrected chi connectivity index (χ1v) is 39.3. The van der Waals surface area contributed by atoms with Gasteiger partial charge in [-0.3, -0.25) is 73.0 Å². The third-order valence-electron chi connectivity index (χ3n) is 23.3. The number of piperidine rings is 18. The maximum Gasteiger partial charge on any atom is 0.264 e. The summed E-state index contributed by atoms with van der Waals surface area (Å²) in [4.78, 5) is 76.8. The second-order valence-electron chi connectivity index (χ2n) is 29.6. The lowest BCUT2D eigenvalue weighted by Crippen LogP contribution is -2.59. The molecule has 556 valence electrons. The molecule has 18 aliphatic rings. The molecule has 7 atom stereocenters. The number of methoxy groups -OCH3 is 1. The molecule has 24 rings (SSSR count).